The Morgan fingerprint density at radius 2 is 2.00 bits per heavy atom. The highest BCUT2D eigenvalue weighted by atomic mass is 15.3. The molecule has 0 aromatic heterocycles. The molecule has 2 aliphatic heterocycles. The van der Waals surface area contributed by atoms with Crippen LogP contribution in [0.4, 0.5) is 0 Å². The highest BCUT2D eigenvalue weighted by Gasteiger charge is 2.50. The number of hydrogen-bond donors (Lipinski definition) is 1. The molecule has 0 bridgehead atoms. The first-order valence-electron chi connectivity index (χ1n) is 7.96. The van der Waals surface area contributed by atoms with Crippen molar-refractivity contribution in [3.05, 3.63) is 34.9 Å². The Morgan fingerprint density at radius 1 is 1.25 bits per heavy atom. The van der Waals surface area contributed by atoms with E-state index in [1.165, 1.54) is 36.3 Å². The number of likely N-dealkylation sites (tertiary alicyclic amines) is 1. The number of nitrogens with one attached hydrogen (secondary N) is 1. The predicted molar refractivity (Wildman–Crippen MR) is 85.0 cm³/mol. The molecule has 2 aliphatic rings. The molecule has 110 valence electrons. The zero-order valence-electron chi connectivity index (χ0n) is 13.5. The molecule has 1 N–H and O–H groups in total. The Bertz CT molecular complexity index is 506. The fraction of sp³-hybridized carbons (Fsp3) is 0.667. The van der Waals surface area contributed by atoms with Crippen LogP contribution in [0.15, 0.2) is 18.2 Å². The topological polar surface area (TPSA) is 15.3 Å². The largest absolute Gasteiger partial charge is 0.316 e. The van der Waals surface area contributed by atoms with Crippen LogP contribution in [0, 0.1) is 25.7 Å². The minimum Gasteiger partial charge on any atom is -0.316 e. The van der Waals surface area contributed by atoms with Crippen molar-refractivity contribution in [3.8, 4) is 0 Å². The second kappa shape index (κ2) is 4.85. The van der Waals surface area contributed by atoms with Gasteiger partial charge in [-0.15, -0.1) is 0 Å². The summed E-state index contributed by atoms with van der Waals surface area (Å²) in [5, 5.41) is 3.57. The molecule has 3 rings (SSSR count). The van der Waals surface area contributed by atoms with Gasteiger partial charge in [0.1, 0.15) is 0 Å². The molecular weight excluding hydrogens is 244 g/mol. The average molecular weight is 272 g/mol. The monoisotopic (exact) mass is 272 g/mol. The molecule has 3 unspecified atom stereocenters. The summed E-state index contributed by atoms with van der Waals surface area (Å²) < 4.78 is 0. The van der Waals surface area contributed by atoms with Gasteiger partial charge in [-0.2, -0.15) is 0 Å². The molecule has 0 spiro atoms. The van der Waals surface area contributed by atoms with Crippen LogP contribution in [0.5, 0.6) is 0 Å². The second-order valence-corrected chi connectivity index (χ2v) is 7.37. The molecule has 0 aliphatic carbocycles. The number of fused-ring (bicyclic) bond motifs is 1. The molecule has 2 fully saturated rings. The molecule has 1 aromatic carbocycles. The fourth-order valence-corrected chi connectivity index (χ4v) is 4.57. The average Bonchev–Trinajstić information content (AvgIpc) is 2.91. The molecule has 3 atom stereocenters. The van der Waals surface area contributed by atoms with E-state index in [2.05, 4.69) is 63.0 Å². The summed E-state index contributed by atoms with van der Waals surface area (Å²) in [4.78, 5) is 2.74. The van der Waals surface area contributed by atoms with Gasteiger partial charge < -0.3 is 5.32 Å². The van der Waals surface area contributed by atoms with Gasteiger partial charge in [0.25, 0.3) is 0 Å². The lowest BCUT2D eigenvalue weighted by atomic mass is 9.84. The Labute approximate surface area is 123 Å². The van der Waals surface area contributed by atoms with Crippen LogP contribution in [0.2, 0.25) is 0 Å². The van der Waals surface area contributed by atoms with Crippen molar-refractivity contribution in [3.63, 3.8) is 0 Å². The van der Waals surface area contributed by atoms with Crippen LogP contribution in [0.3, 0.4) is 0 Å². The summed E-state index contributed by atoms with van der Waals surface area (Å²) in [7, 11) is 0. The molecule has 0 saturated carbocycles. The smallest absolute Gasteiger partial charge is 0.0328 e. The van der Waals surface area contributed by atoms with E-state index in [1.807, 2.05) is 0 Å². The van der Waals surface area contributed by atoms with E-state index in [0.29, 0.717) is 11.6 Å². The Hall–Kier alpha value is -0.860. The van der Waals surface area contributed by atoms with E-state index in [-0.39, 0.29) is 0 Å². The highest BCUT2D eigenvalue weighted by molar-refractivity contribution is 5.33. The van der Waals surface area contributed by atoms with E-state index in [1.54, 1.807) is 0 Å². The van der Waals surface area contributed by atoms with Gasteiger partial charge in [0, 0.05) is 24.7 Å². The third-order valence-corrected chi connectivity index (χ3v) is 5.76. The van der Waals surface area contributed by atoms with Crippen LogP contribution in [0.1, 0.15) is 43.5 Å². The lowest BCUT2D eigenvalue weighted by Crippen LogP contribution is -2.45. The molecule has 0 radical (unpaired) electrons. The van der Waals surface area contributed by atoms with Crippen LogP contribution >= 0.6 is 0 Å². The minimum atomic E-state index is 0.297. The maximum absolute atomic E-state index is 3.57. The van der Waals surface area contributed by atoms with Gasteiger partial charge >= 0.3 is 0 Å². The fourth-order valence-electron chi connectivity index (χ4n) is 4.57. The van der Waals surface area contributed by atoms with Crippen LogP contribution in [-0.2, 0) is 0 Å². The van der Waals surface area contributed by atoms with E-state index in [0.717, 1.165) is 11.8 Å². The van der Waals surface area contributed by atoms with Crippen LogP contribution in [0.25, 0.3) is 0 Å². The number of aryl methyl sites for hydroxylation is 2. The maximum Gasteiger partial charge on any atom is 0.0328 e. The van der Waals surface area contributed by atoms with Crippen molar-refractivity contribution >= 4 is 0 Å². The first kappa shape index (κ1) is 14.1. The lowest BCUT2D eigenvalue weighted by Gasteiger charge is -2.40. The summed E-state index contributed by atoms with van der Waals surface area (Å²) in [6, 6.07) is 7.41. The van der Waals surface area contributed by atoms with Gasteiger partial charge in [0.05, 0.1) is 0 Å². The Morgan fingerprint density at radius 3 is 2.65 bits per heavy atom. The molecule has 2 heteroatoms. The number of rotatable bonds is 2. The van der Waals surface area contributed by atoms with Crippen molar-refractivity contribution in [1.29, 1.82) is 0 Å². The van der Waals surface area contributed by atoms with E-state index in [4.69, 9.17) is 0 Å². The van der Waals surface area contributed by atoms with Crippen molar-refractivity contribution in [2.45, 2.75) is 46.2 Å². The summed E-state index contributed by atoms with van der Waals surface area (Å²) in [5.74, 6) is 1.63. The minimum absolute atomic E-state index is 0.297. The second-order valence-electron chi connectivity index (χ2n) is 7.37. The number of nitrogens with zero attached hydrogens (tertiary/aromatic N) is 1. The predicted octanol–water partition coefficient (Wildman–Crippen LogP) is 3.29. The molecule has 0 amide bonds. The third-order valence-electron chi connectivity index (χ3n) is 5.76. The molecule has 2 nitrogen and oxygen atoms in total. The third kappa shape index (κ3) is 2.10. The van der Waals surface area contributed by atoms with Gasteiger partial charge in [-0.25, -0.2) is 0 Å². The lowest BCUT2D eigenvalue weighted by molar-refractivity contribution is 0.0968. The number of hydrogen-bond acceptors (Lipinski definition) is 2. The van der Waals surface area contributed by atoms with Gasteiger partial charge in [-0.3, -0.25) is 4.90 Å². The van der Waals surface area contributed by atoms with Crippen molar-refractivity contribution < 1.29 is 0 Å². The summed E-state index contributed by atoms with van der Waals surface area (Å²) in [6.07, 6.45) is 0. The van der Waals surface area contributed by atoms with Crippen LogP contribution < -0.4 is 5.32 Å². The quantitative estimate of drug-likeness (QED) is 0.888. The zero-order valence-corrected chi connectivity index (χ0v) is 13.5. The van der Waals surface area contributed by atoms with E-state index < -0.39 is 0 Å². The first-order chi connectivity index (χ1) is 9.41. The summed E-state index contributed by atoms with van der Waals surface area (Å²) in [5.41, 5.74) is 4.59. The Kier molecular flexibility index (Phi) is 3.42. The van der Waals surface area contributed by atoms with Crippen molar-refractivity contribution in [1.82, 2.24) is 10.2 Å². The van der Waals surface area contributed by atoms with Gasteiger partial charge in [-0.1, -0.05) is 23.8 Å². The van der Waals surface area contributed by atoms with Gasteiger partial charge in [0.15, 0.2) is 0 Å². The van der Waals surface area contributed by atoms with Gasteiger partial charge in [-0.05, 0) is 64.1 Å². The SMILES string of the molecule is Cc1ccc(C(C)N2CC3CNCC3C2(C)C)c(C)c1. The molecular formula is C18H28N2. The molecule has 2 saturated heterocycles. The normalized spacial score (nSPS) is 30.4. The van der Waals surface area contributed by atoms with Crippen molar-refractivity contribution in [2.24, 2.45) is 11.8 Å². The molecule has 20 heavy (non-hydrogen) atoms. The summed E-state index contributed by atoms with van der Waals surface area (Å²) in [6.45, 7) is 15.3. The van der Waals surface area contributed by atoms with E-state index in [9.17, 15) is 0 Å². The standard InChI is InChI=1S/C18H28N2/c1-12-6-7-16(13(2)8-12)14(3)20-11-15-9-19-10-17(15)18(20,4)5/h6-8,14-15,17,19H,9-11H2,1-5H3. The highest BCUT2D eigenvalue weighted by Crippen LogP contribution is 2.45. The van der Waals surface area contributed by atoms with Crippen LogP contribution in [-0.4, -0.2) is 30.1 Å². The molecule has 1 aromatic rings. The maximum atomic E-state index is 3.57. The molecule has 2 heterocycles. The zero-order chi connectivity index (χ0) is 14.5. The van der Waals surface area contributed by atoms with Crippen molar-refractivity contribution in [2.75, 3.05) is 19.6 Å². The Balaban J connectivity index is 1.89. The van der Waals surface area contributed by atoms with E-state index >= 15 is 0 Å². The summed E-state index contributed by atoms with van der Waals surface area (Å²) >= 11 is 0. The number of benzene rings is 1. The van der Waals surface area contributed by atoms with Gasteiger partial charge in [0.2, 0.25) is 0 Å². The first-order valence-corrected chi connectivity index (χ1v) is 7.96.